The molecule has 0 bridgehead atoms. The van der Waals surface area contributed by atoms with Crippen LogP contribution in [0.25, 0.3) is 33.1 Å². The third-order valence-electron chi connectivity index (χ3n) is 5.62. The minimum absolute atomic E-state index is 0.0850. The quantitative estimate of drug-likeness (QED) is 0.497. The molecule has 0 radical (unpaired) electrons. The van der Waals surface area contributed by atoms with E-state index in [0.29, 0.717) is 30.3 Å². The van der Waals surface area contributed by atoms with Gasteiger partial charge in [-0.1, -0.05) is 0 Å². The lowest BCUT2D eigenvalue weighted by molar-refractivity contribution is -0.140. The van der Waals surface area contributed by atoms with Crippen molar-refractivity contribution in [2.45, 2.75) is 32.4 Å². The molecule has 3 heterocycles. The van der Waals surface area contributed by atoms with E-state index < -0.39 is 11.9 Å². The number of nitrogens with one attached hydrogen (secondary N) is 2. The molecule has 146 valence electrons. The first-order valence-corrected chi connectivity index (χ1v) is 9.18. The number of hydrogen-bond donors (Lipinski definition) is 2. The van der Waals surface area contributed by atoms with Gasteiger partial charge >= 0.3 is 6.18 Å². The summed E-state index contributed by atoms with van der Waals surface area (Å²) in [5.41, 5.74) is 3.15. The number of aromatic amines is 2. The summed E-state index contributed by atoms with van der Waals surface area (Å²) >= 11 is 0. The summed E-state index contributed by atoms with van der Waals surface area (Å²) < 4.78 is 40.5. The van der Waals surface area contributed by atoms with Crippen LogP contribution in [0.4, 0.5) is 13.2 Å². The number of benzene rings is 1. The number of nitriles is 1. The van der Waals surface area contributed by atoms with Crippen molar-refractivity contribution >= 4 is 21.8 Å². The molecule has 5 rings (SSSR count). The molecule has 2 N–H and O–H groups in total. The van der Waals surface area contributed by atoms with Crippen LogP contribution >= 0.6 is 0 Å². The van der Waals surface area contributed by atoms with E-state index in [1.165, 1.54) is 0 Å². The van der Waals surface area contributed by atoms with Crippen LogP contribution in [0.15, 0.2) is 18.3 Å². The average molecular weight is 396 g/mol. The van der Waals surface area contributed by atoms with Crippen LogP contribution in [0.2, 0.25) is 0 Å². The molecule has 1 atom stereocenters. The van der Waals surface area contributed by atoms with Gasteiger partial charge in [0.05, 0.1) is 40.5 Å². The average Bonchev–Trinajstić information content (AvgIpc) is 3.33. The zero-order chi connectivity index (χ0) is 20.3. The number of aryl methyl sites for hydroxylation is 2. The fourth-order valence-corrected chi connectivity index (χ4v) is 4.31. The summed E-state index contributed by atoms with van der Waals surface area (Å²) in [5, 5.41) is 24.2. The second-order valence-electron chi connectivity index (χ2n) is 7.35. The van der Waals surface area contributed by atoms with Crippen molar-refractivity contribution in [2.75, 3.05) is 0 Å². The van der Waals surface area contributed by atoms with E-state index in [4.69, 9.17) is 0 Å². The third kappa shape index (κ3) is 2.59. The first-order chi connectivity index (χ1) is 13.9. The maximum absolute atomic E-state index is 13.5. The molecule has 1 unspecified atom stereocenters. The molecule has 29 heavy (non-hydrogen) atoms. The molecule has 1 aliphatic rings. The highest BCUT2D eigenvalue weighted by Crippen LogP contribution is 2.42. The number of nitrogens with zero attached hydrogens (tertiary/aromatic N) is 4. The second-order valence-corrected chi connectivity index (χ2v) is 7.35. The summed E-state index contributed by atoms with van der Waals surface area (Å²) in [7, 11) is 0. The Morgan fingerprint density at radius 1 is 1.14 bits per heavy atom. The van der Waals surface area contributed by atoms with Crippen LogP contribution in [0.1, 0.15) is 28.9 Å². The molecule has 6 nitrogen and oxygen atoms in total. The fourth-order valence-electron chi connectivity index (χ4n) is 4.31. The molecule has 0 saturated carbocycles. The van der Waals surface area contributed by atoms with Gasteiger partial charge in [0.1, 0.15) is 5.69 Å². The van der Waals surface area contributed by atoms with Crippen LogP contribution in [0, 0.1) is 24.2 Å². The van der Waals surface area contributed by atoms with E-state index in [2.05, 4.69) is 31.4 Å². The Hall–Kier alpha value is -3.41. The summed E-state index contributed by atoms with van der Waals surface area (Å²) in [6.45, 7) is 1.91. The second kappa shape index (κ2) is 6.04. The van der Waals surface area contributed by atoms with Crippen molar-refractivity contribution in [1.29, 1.82) is 5.26 Å². The number of alkyl halides is 3. The number of halogens is 3. The number of rotatable bonds is 1. The molecule has 1 aliphatic carbocycles. The molecule has 0 fully saturated rings. The summed E-state index contributed by atoms with van der Waals surface area (Å²) in [4.78, 5) is 4.63. The van der Waals surface area contributed by atoms with E-state index >= 15 is 0 Å². The zero-order valence-electron chi connectivity index (χ0n) is 15.4. The minimum atomic E-state index is -4.58. The highest BCUT2D eigenvalue weighted by Gasteiger charge is 2.38. The van der Waals surface area contributed by atoms with Crippen molar-refractivity contribution in [3.05, 3.63) is 40.8 Å². The Labute approximate surface area is 162 Å². The van der Waals surface area contributed by atoms with Gasteiger partial charge in [0, 0.05) is 16.5 Å². The Morgan fingerprint density at radius 2 is 1.93 bits per heavy atom. The molecule has 0 spiro atoms. The number of pyridine rings is 1. The maximum atomic E-state index is 13.5. The lowest BCUT2D eigenvalue weighted by atomic mass is 9.80. The van der Waals surface area contributed by atoms with Gasteiger partial charge < -0.3 is 0 Å². The molecule has 1 aromatic carbocycles. The summed E-state index contributed by atoms with van der Waals surface area (Å²) in [5.74, 6) is -0.258. The number of H-pyrrole nitrogens is 2. The Kier molecular flexibility index (Phi) is 3.68. The fraction of sp³-hybridized carbons (Fsp3) is 0.300. The predicted octanol–water partition coefficient (Wildman–Crippen LogP) is 4.46. The van der Waals surface area contributed by atoms with Crippen molar-refractivity contribution in [2.24, 2.45) is 5.92 Å². The van der Waals surface area contributed by atoms with Crippen molar-refractivity contribution in [3.63, 3.8) is 0 Å². The lowest BCUT2D eigenvalue weighted by Crippen LogP contribution is -2.16. The van der Waals surface area contributed by atoms with E-state index in [1.807, 2.05) is 13.0 Å². The van der Waals surface area contributed by atoms with Gasteiger partial charge in [-0.05, 0) is 49.4 Å². The van der Waals surface area contributed by atoms with Crippen LogP contribution in [-0.4, -0.2) is 25.4 Å². The van der Waals surface area contributed by atoms with Gasteiger partial charge in [-0.3, -0.25) is 10.2 Å². The molecule has 0 aliphatic heterocycles. The molecule has 4 aromatic rings. The smallest absolute Gasteiger partial charge is 0.282 e. The highest BCUT2D eigenvalue weighted by atomic mass is 19.4. The lowest BCUT2D eigenvalue weighted by Gasteiger charge is -2.24. The van der Waals surface area contributed by atoms with E-state index in [0.717, 1.165) is 33.7 Å². The number of aromatic nitrogens is 5. The largest absolute Gasteiger partial charge is 0.433 e. The minimum Gasteiger partial charge on any atom is -0.282 e. The van der Waals surface area contributed by atoms with E-state index in [9.17, 15) is 18.4 Å². The number of fused-ring (bicyclic) bond motifs is 5. The van der Waals surface area contributed by atoms with Gasteiger partial charge in [-0.15, -0.1) is 0 Å². The van der Waals surface area contributed by atoms with Crippen molar-refractivity contribution < 1.29 is 13.2 Å². The number of hydrogen-bond acceptors (Lipinski definition) is 4. The standard InChI is InChI=1S/C20H15F3N6/c1-9-16-15(28-27-9)5-4-14-17(16)11-3-2-10(7-24)6-12(11)18(26-14)13-8-25-29-19(13)20(21,22)23/h4-5,8,10H,2-3,6H2,1H3,(H,25,29)(H,27,28). The molecular weight excluding hydrogens is 381 g/mol. The molecule has 0 amide bonds. The molecular formula is C20H15F3N6. The van der Waals surface area contributed by atoms with Crippen LogP contribution < -0.4 is 0 Å². The van der Waals surface area contributed by atoms with E-state index in [1.54, 1.807) is 6.07 Å². The Bertz CT molecular complexity index is 1310. The molecule has 9 heteroatoms. The van der Waals surface area contributed by atoms with Crippen molar-refractivity contribution in [3.8, 4) is 17.3 Å². The van der Waals surface area contributed by atoms with Crippen LogP contribution in [0.5, 0.6) is 0 Å². The Morgan fingerprint density at radius 3 is 2.69 bits per heavy atom. The van der Waals surface area contributed by atoms with Gasteiger partial charge in [0.2, 0.25) is 0 Å². The van der Waals surface area contributed by atoms with Gasteiger partial charge in [0.15, 0.2) is 0 Å². The Balaban J connectivity index is 1.89. The van der Waals surface area contributed by atoms with Crippen LogP contribution in [0.3, 0.4) is 0 Å². The zero-order valence-corrected chi connectivity index (χ0v) is 15.4. The van der Waals surface area contributed by atoms with Gasteiger partial charge in [0.25, 0.3) is 0 Å². The first kappa shape index (κ1) is 17.7. The first-order valence-electron chi connectivity index (χ1n) is 9.18. The third-order valence-corrected chi connectivity index (χ3v) is 5.62. The topological polar surface area (TPSA) is 94.0 Å². The molecule has 0 saturated heterocycles. The van der Waals surface area contributed by atoms with Crippen LogP contribution in [-0.2, 0) is 19.0 Å². The van der Waals surface area contributed by atoms with E-state index in [-0.39, 0.29) is 17.2 Å². The maximum Gasteiger partial charge on any atom is 0.433 e. The summed E-state index contributed by atoms with van der Waals surface area (Å²) in [6, 6.07) is 5.86. The monoisotopic (exact) mass is 396 g/mol. The molecule has 3 aromatic heterocycles. The van der Waals surface area contributed by atoms with Gasteiger partial charge in [-0.2, -0.15) is 28.6 Å². The highest BCUT2D eigenvalue weighted by molar-refractivity contribution is 6.09. The van der Waals surface area contributed by atoms with Gasteiger partial charge in [-0.25, -0.2) is 4.98 Å². The normalized spacial score (nSPS) is 16.9. The summed E-state index contributed by atoms with van der Waals surface area (Å²) in [6.07, 6.45) is -1.80. The SMILES string of the molecule is Cc1[nH]nc2ccc3nc(-c4cn[nH]c4C(F)(F)F)c4c(c3c12)CCC(C#N)C4. The van der Waals surface area contributed by atoms with Crippen molar-refractivity contribution in [1.82, 2.24) is 25.4 Å². The predicted molar refractivity (Wildman–Crippen MR) is 99.8 cm³/mol.